The number of benzene rings is 3. The minimum Gasteiger partial charge on any atom is -0.508 e. The van der Waals surface area contributed by atoms with Crippen LogP contribution in [0.5, 0.6) is 5.75 Å². The molecule has 1 aromatic heterocycles. The number of hydrogen-bond donors (Lipinski definition) is 3. The van der Waals surface area contributed by atoms with Crippen molar-refractivity contribution >= 4 is 41.2 Å². The van der Waals surface area contributed by atoms with Crippen LogP contribution in [0.15, 0.2) is 83.1 Å². The molecule has 0 unspecified atom stereocenters. The molecule has 4 aromatic rings. The van der Waals surface area contributed by atoms with Crippen LogP contribution in [-0.2, 0) is 11.3 Å². The highest BCUT2D eigenvalue weighted by molar-refractivity contribution is 8.00. The van der Waals surface area contributed by atoms with Gasteiger partial charge in [-0.05, 0) is 79.6 Å². The Morgan fingerprint density at radius 3 is 2.61 bits per heavy atom. The molecule has 0 bridgehead atoms. The summed E-state index contributed by atoms with van der Waals surface area (Å²) in [4.78, 5) is 12.7. The molecule has 0 aliphatic carbocycles. The second-order valence-corrected chi connectivity index (χ2v) is 9.71. The topological polar surface area (TPSA) is 104 Å². The van der Waals surface area contributed by atoms with E-state index in [4.69, 9.17) is 11.6 Å². The number of carbonyl (C=O) groups excluding carboxylic acids is 1. The average Bonchev–Trinajstić information content (AvgIpc) is 3.27. The van der Waals surface area contributed by atoms with Gasteiger partial charge < -0.3 is 10.4 Å². The lowest BCUT2D eigenvalue weighted by Gasteiger charge is -2.14. The fourth-order valence-electron chi connectivity index (χ4n) is 3.36. The summed E-state index contributed by atoms with van der Waals surface area (Å²) in [6, 6.07) is 21.9. The Morgan fingerprint density at radius 1 is 1.14 bits per heavy atom. The van der Waals surface area contributed by atoms with Crippen molar-refractivity contribution in [3.63, 3.8) is 0 Å². The fraction of sp³-hybridized carbons (Fsp3) is 0.154. The van der Waals surface area contributed by atoms with Gasteiger partial charge in [-0.15, -0.1) is 10.2 Å². The van der Waals surface area contributed by atoms with Gasteiger partial charge in [0.1, 0.15) is 5.75 Å². The van der Waals surface area contributed by atoms with Crippen molar-refractivity contribution in [2.45, 2.75) is 30.8 Å². The highest BCUT2D eigenvalue weighted by Crippen LogP contribution is 2.27. The molecule has 0 aliphatic rings. The lowest BCUT2D eigenvalue weighted by atomic mass is 10.2. The van der Waals surface area contributed by atoms with Gasteiger partial charge in [-0.1, -0.05) is 41.6 Å². The molecule has 3 N–H and O–H groups in total. The molecule has 0 fully saturated rings. The zero-order chi connectivity index (χ0) is 25.5. The molecule has 4 rings (SSSR count). The van der Waals surface area contributed by atoms with E-state index in [0.29, 0.717) is 22.5 Å². The van der Waals surface area contributed by atoms with Gasteiger partial charge in [-0.25, -0.2) is 5.43 Å². The molecular weight excluding hydrogens is 496 g/mol. The summed E-state index contributed by atoms with van der Waals surface area (Å²) in [7, 11) is 0. The Bertz CT molecular complexity index is 1360. The zero-order valence-corrected chi connectivity index (χ0v) is 21.3. The standard InChI is InChI=1S/C26H25ClN6O2S/c1-17-14-20(27)10-13-23(17)28-16-24-30-32-26(33(24)21-6-4-3-5-7-21)36-18(2)25(35)31-29-15-19-8-11-22(34)12-9-19/h3-15,18,28,34H,16H2,1-2H3,(H,31,35)/b29-15-/t18-/m1/s1. The van der Waals surface area contributed by atoms with Gasteiger partial charge in [-0.3, -0.25) is 9.36 Å². The summed E-state index contributed by atoms with van der Waals surface area (Å²) in [5.41, 5.74) is 6.19. The predicted molar refractivity (Wildman–Crippen MR) is 144 cm³/mol. The van der Waals surface area contributed by atoms with Gasteiger partial charge in [0.2, 0.25) is 0 Å². The van der Waals surface area contributed by atoms with Crippen LogP contribution in [0.3, 0.4) is 0 Å². The summed E-state index contributed by atoms with van der Waals surface area (Å²) in [6.07, 6.45) is 1.52. The summed E-state index contributed by atoms with van der Waals surface area (Å²) in [5.74, 6) is 0.603. The van der Waals surface area contributed by atoms with Gasteiger partial charge in [0, 0.05) is 16.4 Å². The van der Waals surface area contributed by atoms with E-state index in [1.54, 1.807) is 31.2 Å². The van der Waals surface area contributed by atoms with Crippen molar-refractivity contribution in [3.8, 4) is 11.4 Å². The van der Waals surface area contributed by atoms with Crippen LogP contribution in [0.25, 0.3) is 5.69 Å². The van der Waals surface area contributed by atoms with Crippen LogP contribution in [0.4, 0.5) is 5.69 Å². The van der Waals surface area contributed by atoms with Gasteiger partial charge >= 0.3 is 0 Å². The normalized spacial score (nSPS) is 12.0. The average molecular weight is 521 g/mol. The number of rotatable bonds is 9. The Kier molecular flexibility index (Phi) is 8.24. The molecule has 0 saturated heterocycles. The highest BCUT2D eigenvalue weighted by Gasteiger charge is 2.21. The Labute approximate surface area is 218 Å². The number of aromatic hydroxyl groups is 1. The quantitative estimate of drug-likeness (QED) is 0.160. The number of hydrazone groups is 1. The van der Waals surface area contributed by atoms with E-state index >= 15 is 0 Å². The molecule has 0 spiro atoms. The van der Waals surface area contributed by atoms with E-state index in [-0.39, 0.29) is 11.7 Å². The first-order valence-corrected chi connectivity index (χ1v) is 12.4. The van der Waals surface area contributed by atoms with Crippen molar-refractivity contribution in [1.82, 2.24) is 20.2 Å². The Balaban J connectivity index is 1.48. The molecule has 1 heterocycles. The maximum absolute atomic E-state index is 12.7. The number of anilines is 1. The molecule has 3 aromatic carbocycles. The third-order valence-corrected chi connectivity index (χ3v) is 6.55. The molecular formula is C26H25ClN6O2S. The van der Waals surface area contributed by atoms with Crippen LogP contribution in [0, 0.1) is 6.92 Å². The number of nitrogens with one attached hydrogen (secondary N) is 2. The van der Waals surface area contributed by atoms with Gasteiger partial charge in [-0.2, -0.15) is 5.10 Å². The lowest BCUT2D eigenvalue weighted by Crippen LogP contribution is -2.27. The molecule has 1 atom stereocenters. The zero-order valence-electron chi connectivity index (χ0n) is 19.7. The largest absolute Gasteiger partial charge is 0.508 e. The number of phenolic OH excluding ortho intramolecular Hbond substituents is 1. The maximum atomic E-state index is 12.7. The number of aromatic nitrogens is 3. The summed E-state index contributed by atoms with van der Waals surface area (Å²) < 4.78 is 1.94. The first-order valence-electron chi connectivity index (χ1n) is 11.2. The van der Waals surface area contributed by atoms with Crippen LogP contribution in [0.1, 0.15) is 23.9 Å². The predicted octanol–water partition coefficient (Wildman–Crippen LogP) is 5.18. The smallest absolute Gasteiger partial charge is 0.253 e. The fourth-order valence-corrected chi connectivity index (χ4v) is 4.47. The number of amides is 1. The molecule has 36 heavy (non-hydrogen) atoms. The number of hydrogen-bond acceptors (Lipinski definition) is 7. The number of halogens is 1. The van der Waals surface area contributed by atoms with Crippen LogP contribution >= 0.6 is 23.4 Å². The van der Waals surface area contributed by atoms with E-state index in [9.17, 15) is 9.90 Å². The molecule has 0 saturated carbocycles. The SMILES string of the molecule is Cc1cc(Cl)ccc1NCc1nnc(S[C@H](C)C(=O)N/N=C\c2ccc(O)cc2)n1-c1ccccc1. The van der Waals surface area contributed by atoms with E-state index < -0.39 is 5.25 Å². The second-order valence-electron chi connectivity index (χ2n) is 7.97. The Morgan fingerprint density at radius 2 is 1.89 bits per heavy atom. The van der Waals surface area contributed by atoms with Gasteiger partial charge in [0.15, 0.2) is 11.0 Å². The Hall–Kier alpha value is -3.82. The van der Waals surface area contributed by atoms with Gasteiger partial charge in [0.05, 0.1) is 18.0 Å². The summed E-state index contributed by atoms with van der Waals surface area (Å²) in [6.45, 7) is 4.21. The van der Waals surface area contributed by atoms with Crippen LogP contribution in [-0.4, -0.2) is 37.2 Å². The third kappa shape index (κ3) is 6.44. The van der Waals surface area contributed by atoms with Crippen LogP contribution in [0.2, 0.25) is 5.02 Å². The highest BCUT2D eigenvalue weighted by atomic mass is 35.5. The van der Waals surface area contributed by atoms with Crippen molar-refractivity contribution < 1.29 is 9.90 Å². The number of thioether (sulfide) groups is 1. The molecule has 1 amide bonds. The number of phenols is 1. The molecule has 10 heteroatoms. The lowest BCUT2D eigenvalue weighted by molar-refractivity contribution is -0.120. The third-order valence-electron chi connectivity index (χ3n) is 5.27. The van der Waals surface area contributed by atoms with Crippen LogP contribution < -0.4 is 10.7 Å². The van der Waals surface area contributed by atoms with E-state index in [0.717, 1.165) is 22.5 Å². The second kappa shape index (κ2) is 11.7. The number of para-hydroxylation sites is 1. The summed E-state index contributed by atoms with van der Waals surface area (Å²) in [5, 5.41) is 26.3. The van der Waals surface area contributed by atoms with Crippen molar-refractivity contribution in [1.29, 1.82) is 0 Å². The molecule has 184 valence electrons. The van der Waals surface area contributed by atoms with Crippen molar-refractivity contribution in [3.05, 3.63) is 94.8 Å². The number of nitrogens with zero attached hydrogens (tertiary/aromatic N) is 4. The van der Waals surface area contributed by atoms with E-state index in [2.05, 4.69) is 26.0 Å². The van der Waals surface area contributed by atoms with E-state index in [1.165, 1.54) is 18.0 Å². The number of aryl methyl sites for hydroxylation is 1. The minimum atomic E-state index is -0.479. The monoisotopic (exact) mass is 520 g/mol. The van der Waals surface area contributed by atoms with Gasteiger partial charge in [0.25, 0.3) is 5.91 Å². The number of carbonyl (C=O) groups is 1. The van der Waals surface area contributed by atoms with E-state index in [1.807, 2.05) is 60.0 Å². The van der Waals surface area contributed by atoms with Crippen molar-refractivity contribution in [2.75, 3.05) is 5.32 Å². The molecule has 0 aliphatic heterocycles. The van der Waals surface area contributed by atoms with Crippen molar-refractivity contribution in [2.24, 2.45) is 5.10 Å². The molecule has 0 radical (unpaired) electrons. The first-order chi connectivity index (χ1) is 17.4. The molecule has 8 nitrogen and oxygen atoms in total. The minimum absolute atomic E-state index is 0.168. The summed E-state index contributed by atoms with van der Waals surface area (Å²) >= 11 is 7.37. The first kappa shape index (κ1) is 25.3. The maximum Gasteiger partial charge on any atom is 0.253 e.